The maximum atomic E-state index is 12.2. The molecule has 1 heterocycles. The van der Waals surface area contributed by atoms with Crippen molar-refractivity contribution in [2.24, 2.45) is 0 Å². The number of amides is 1. The third-order valence-electron chi connectivity index (χ3n) is 3.95. The van der Waals surface area contributed by atoms with Crippen molar-refractivity contribution >= 4 is 40.1 Å². The van der Waals surface area contributed by atoms with Crippen LogP contribution in [0.15, 0.2) is 47.1 Å². The predicted molar refractivity (Wildman–Crippen MR) is 99.6 cm³/mol. The molecule has 1 N–H and O–H groups in total. The fraction of sp³-hybridized carbons (Fsp3) is 0.211. The van der Waals surface area contributed by atoms with Gasteiger partial charge in [-0.1, -0.05) is 29.3 Å². The summed E-state index contributed by atoms with van der Waals surface area (Å²) in [4.78, 5) is 12.2. The number of halogens is 2. The fourth-order valence-corrected chi connectivity index (χ4v) is 3.13. The van der Waals surface area contributed by atoms with E-state index in [4.69, 9.17) is 32.4 Å². The lowest BCUT2D eigenvalue weighted by molar-refractivity contribution is -0.120. The number of hydrogen-bond acceptors (Lipinski definition) is 3. The van der Waals surface area contributed by atoms with Gasteiger partial charge in [-0.15, -0.1) is 0 Å². The molecule has 6 heteroatoms. The maximum Gasteiger partial charge on any atom is 0.224 e. The molecule has 0 aliphatic heterocycles. The van der Waals surface area contributed by atoms with E-state index >= 15 is 0 Å². The quantitative estimate of drug-likeness (QED) is 0.679. The molecule has 0 radical (unpaired) electrons. The number of ether oxygens (including phenoxy) is 1. The molecule has 3 rings (SSSR count). The van der Waals surface area contributed by atoms with Gasteiger partial charge >= 0.3 is 0 Å². The molecule has 3 aromatic rings. The van der Waals surface area contributed by atoms with Crippen LogP contribution in [0, 0.1) is 0 Å². The highest BCUT2D eigenvalue weighted by molar-refractivity contribution is 6.35. The normalized spacial score (nSPS) is 10.8. The van der Waals surface area contributed by atoms with Gasteiger partial charge in [0.15, 0.2) is 0 Å². The van der Waals surface area contributed by atoms with E-state index in [1.54, 1.807) is 31.6 Å². The van der Waals surface area contributed by atoms with Crippen LogP contribution in [0.2, 0.25) is 10.0 Å². The van der Waals surface area contributed by atoms with Gasteiger partial charge < -0.3 is 14.5 Å². The Balaban J connectivity index is 1.57. The van der Waals surface area contributed by atoms with Crippen molar-refractivity contribution in [2.45, 2.75) is 12.8 Å². The molecule has 130 valence electrons. The van der Waals surface area contributed by atoms with Crippen LogP contribution in [-0.2, 0) is 17.6 Å². The number of furan rings is 1. The number of fused-ring (bicyclic) bond motifs is 1. The van der Waals surface area contributed by atoms with Crippen molar-refractivity contribution in [3.8, 4) is 5.75 Å². The molecule has 0 aliphatic carbocycles. The predicted octanol–water partition coefficient (Wildman–Crippen LogP) is 4.65. The van der Waals surface area contributed by atoms with E-state index in [0.717, 1.165) is 22.3 Å². The van der Waals surface area contributed by atoms with Crippen LogP contribution in [-0.4, -0.2) is 19.6 Å². The van der Waals surface area contributed by atoms with Crippen LogP contribution >= 0.6 is 23.2 Å². The molecular weight excluding hydrogens is 361 g/mol. The lowest BCUT2D eigenvalue weighted by Gasteiger charge is -2.07. The molecule has 0 bridgehead atoms. The molecule has 4 nitrogen and oxygen atoms in total. The number of carbonyl (C=O) groups is 1. The van der Waals surface area contributed by atoms with Gasteiger partial charge in [0.25, 0.3) is 0 Å². The minimum Gasteiger partial charge on any atom is -0.497 e. The van der Waals surface area contributed by atoms with Gasteiger partial charge in [-0.2, -0.15) is 0 Å². The van der Waals surface area contributed by atoms with Gasteiger partial charge in [-0.3, -0.25) is 4.79 Å². The zero-order valence-corrected chi connectivity index (χ0v) is 15.2. The van der Waals surface area contributed by atoms with E-state index in [9.17, 15) is 4.79 Å². The van der Waals surface area contributed by atoms with Crippen molar-refractivity contribution in [3.63, 3.8) is 0 Å². The minimum absolute atomic E-state index is 0.0661. The summed E-state index contributed by atoms with van der Waals surface area (Å²) < 4.78 is 10.7. The Kier molecular flexibility index (Phi) is 5.51. The Hall–Kier alpha value is -2.17. The number of rotatable bonds is 6. The van der Waals surface area contributed by atoms with Crippen LogP contribution in [0.1, 0.15) is 11.1 Å². The molecule has 0 spiro atoms. The largest absolute Gasteiger partial charge is 0.497 e. The van der Waals surface area contributed by atoms with Crippen LogP contribution in [0.5, 0.6) is 5.75 Å². The summed E-state index contributed by atoms with van der Waals surface area (Å²) in [5.41, 5.74) is 2.50. The first-order chi connectivity index (χ1) is 12.1. The Labute approximate surface area is 155 Å². The molecule has 0 saturated carbocycles. The smallest absolute Gasteiger partial charge is 0.224 e. The molecular formula is C19H17Cl2NO3. The molecule has 0 unspecified atom stereocenters. The summed E-state index contributed by atoms with van der Waals surface area (Å²) in [6.07, 6.45) is 2.51. The average Bonchev–Trinajstić information content (AvgIpc) is 2.99. The van der Waals surface area contributed by atoms with E-state index in [-0.39, 0.29) is 12.3 Å². The molecule has 1 amide bonds. The maximum absolute atomic E-state index is 12.2. The van der Waals surface area contributed by atoms with Crippen molar-refractivity contribution in [3.05, 3.63) is 63.8 Å². The van der Waals surface area contributed by atoms with Gasteiger partial charge in [-0.25, -0.2) is 0 Å². The van der Waals surface area contributed by atoms with E-state index < -0.39 is 0 Å². The molecule has 0 saturated heterocycles. The third kappa shape index (κ3) is 4.27. The highest BCUT2D eigenvalue weighted by Crippen LogP contribution is 2.26. The Morgan fingerprint density at radius 2 is 2.00 bits per heavy atom. The van der Waals surface area contributed by atoms with Crippen molar-refractivity contribution < 1.29 is 13.9 Å². The van der Waals surface area contributed by atoms with Gasteiger partial charge in [0.2, 0.25) is 5.91 Å². The first-order valence-electron chi connectivity index (χ1n) is 7.81. The van der Waals surface area contributed by atoms with E-state index in [1.165, 1.54) is 0 Å². The summed E-state index contributed by atoms with van der Waals surface area (Å²) in [5, 5.41) is 5.02. The van der Waals surface area contributed by atoms with Crippen LogP contribution in [0.4, 0.5) is 0 Å². The van der Waals surface area contributed by atoms with Crippen LogP contribution < -0.4 is 10.1 Å². The number of carbonyl (C=O) groups excluding carboxylic acids is 1. The fourth-order valence-electron chi connectivity index (χ4n) is 2.62. The first-order valence-corrected chi connectivity index (χ1v) is 8.57. The Bertz CT molecular complexity index is 905. The standard InChI is InChI=1S/C19H17Cl2NO3/c1-24-15-4-5-16-13(11-25-18(16)10-15)8-19(23)22-7-6-12-2-3-14(20)9-17(12)21/h2-5,9-11H,6-8H2,1H3,(H,22,23). The monoisotopic (exact) mass is 377 g/mol. The number of nitrogens with one attached hydrogen (secondary N) is 1. The molecule has 2 aromatic carbocycles. The first kappa shape index (κ1) is 17.6. The summed E-state index contributed by atoms with van der Waals surface area (Å²) >= 11 is 12.0. The van der Waals surface area contributed by atoms with E-state index in [0.29, 0.717) is 28.6 Å². The second kappa shape index (κ2) is 7.81. The SMILES string of the molecule is COc1ccc2c(CC(=O)NCCc3ccc(Cl)cc3Cl)coc2c1. The summed E-state index contributed by atoms with van der Waals surface area (Å²) in [6.45, 7) is 0.504. The topological polar surface area (TPSA) is 51.5 Å². The Morgan fingerprint density at radius 1 is 1.16 bits per heavy atom. The molecule has 0 fully saturated rings. The lowest BCUT2D eigenvalue weighted by Crippen LogP contribution is -2.27. The lowest BCUT2D eigenvalue weighted by atomic mass is 10.1. The molecule has 1 aromatic heterocycles. The van der Waals surface area contributed by atoms with Gasteiger partial charge in [-0.05, 0) is 36.2 Å². The zero-order valence-electron chi connectivity index (χ0n) is 13.6. The highest BCUT2D eigenvalue weighted by atomic mass is 35.5. The molecule has 0 aliphatic rings. The van der Waals surface area contributed by atoms with Gasteiger partial charge in [0.05, 0.1) is 19.8 Å². The summed E-state index contributed by atoms with van der Waals surface area (Å²) in [7, 11) is 1.60. The van der Waals surface area contributed by atoms with Gasteiger partial charge in [0.1, 0.15) is 11.3 Å². The van der Waals surface area contributed by atoms with E-state index in [2.05, 4.69) is 5.32 Å². The van der Waals surface area contributed by atoms with Crippen LogP contribution in [0.25, 0.3) is 11.0 Å². The second-order valence-corrected chi connectivity index (χ2v) is 6.48. The number of hydrogen-bond donors (Lipinski definition) is 1. The zero-order chi connectivity index (χ0) is 17.8. The van der Waals surface area contributed by atoms with Crippen molar-refractivity contribution in [1.29, 1.82) is 0 Å². The summed E-state index contributed by atoms with van der Waals surface area (Å²) in [6, 6.07) is 10.9. The number of methoxy groups -OCH3 is 1. The second-order valence-electron chi connectivity index (χ2n) is 5.64. The third-order valence-corrected chi connectivity index (χ3v) is 4.53. The van der Waals surface area contributed by atoms with E-state index in [1.807, 2.05) is 18.2 Å². The summed E-state index contributed by atoms with van der Waals surface area (Å²) in [5.74, 6) is 0.654. The van der Waals surface area contributed by atoms with Crippen molar-refractivity contribution in [2.75, 3.05) is 13.7 Å². The Morgan fingerprint density at radius 3 is 2.76 bits per heavy atom. The molecule has 0 atom stereocenters. The highest BCUT2D eigenvalue weighted by Gasteiger charge is 2.11. The van der Waals surface area contributed by atoms with Crippen LogP contribution in [0.3, 0.4) is 0 Å². The molecule has 25 heavy (non-hydrogen) atoms. The van der Waals surface area contributed by atoms with Gasteiger partial charge in [0, 0.05) is 33.6 Å². The number of benzene rings is 2. The van der Waals surface area contributed by atoms with Crippen molar-refractivity contribution in [1.82, 2.24) is 5.32 Å². The minimum atomic E-state index is -0.0661. The average molecular weight is 378 g/mol.